The standard InChI is InChI=1S/C8H8O4/c9-4-5-2-1-3-6(7(5)10)8(11)12/h1-3,9-10H,4H2,(H,11,12). The van der Waals surface area contributed by atoms with Crippen LogP contribution in [0.1, 0.15) is 15.9 Å². The van der Waals surface area contributed by atoms with Crippen LogP contribution in [-0.4, -0.2) is 21.3 Å². The molecule has 64 valence electrons. The molecule has 1 aromatic carbocycles. The number of phenols is 1. The van der Waals surface area contributed by atoms with Gasteiger partial charge in [0.1, 0.15) is 11.3 Å². The van der Waals surface area contributed by atoms with Crippen molar-refractivity contribution in [2.45, 2.75) is 6.61 Å². The molecule has 0 aromatic heterocycles. The molecule has 3 N–H and O–H groups in total. The lowest BCUT2D eigenvalue weighted by atomic mass is 10.1. The second-order valence-electron chi connectivity index (χ2n) is 2.28. The Morgan fingerprint density at radius 2 is 2.08 bits per heavy atom. The Labute approximate surface area is 68.7 Å². The van der Waals surface area contributed by atoms with Gasteiger partial charge in [-0.3, -0.25) is 0 Å². The lowest BCUT2D eigenvalue weighted by molar-refractivity contribution is 0.0693. The van der Waals surface area contributed by atoms with Gasteiger partial charge in [0.2, 0.25) is 0 Å². The van der Waals surface area contributed by atoms with E-state index in [1.54, 1.807) is 0 Å². The van der Waals surface area contributed by atoms with Gasteiger partial charge in [-0.1, -0.05) is 12.1 Å². The number of carboxylic acid groups (broad SMARTS) is 1. The zero-order valence-electron chi connectivity index (χ0n) is 6.19. The zero-order valence-corrected chi connectivity index (χ0v) is 6.19. The summed E-state index contributed by atoms with van der Waals surface area (Å²) in [5, 5.41) is 26.4. The number of aliphatic hydroxyl groups excluding tert-OH is 1. The third-order valence-electron chi connectivity index (χ3n) is 1.52. The molecule has 0 amide bonds. The van der Waals surface area contributed by atoms with Crippen molar-refractivity contribution in [2.24, 2.45) is 0 Å². The van der Waals surface area contributed by atoms with E-state index in [-0.39, 0.29) is 23.5 Å². The molecule has 0 bridgehead atoms. The first-order valence-electron chi connectivity index (χ1n) is 3.32. The molecule has 0 spiro atoms. The van der Waals surface area contributed by atoms with Gasteiger partial charge in [-0.25, -0.2) is 4.79 Å². The highest BCUT2D eigenvalue weighted by atomic mass is 16.4. The third kappa shape index (κ3) is 1.38. The van der Waals surface area contributed by atoms with Gasteiger partial charge in [0.05, 0.1) is 6.61 Å². The quantitative estimate of drug-likeness (QED) is 0.603. The highest BCUT2D eigenvalue weighted by molar-refractivity contribution is 5.91. The number of carboxylic acids is 1. The van der Waals surface area contributed by atoms with Crippen LogP contribution in [0, 0.1) is 0 Å². The molecule has 0 unspecified atom stereocenters. The number of hydrogen-bond acceptors (Lipinski definition) is 3. The van der Waals surface area contributed by atoms with Crippen LogP contribution < -0.4 is 0 Å². The maximum Gasteiger partial charge on any atom is 0.339 e. The van der Waals surface area contributed by atoms with Crippen LogP contribution in [0.4, 0.5) is 0 Å². The van der Waals surface area contributed by atoms with Crippen LogP contribution in [-0.2, 0) is 6.61 Å². The van der Waals surface area contributed by atoms with E-state index >= 15 is 0 Å². The molecule has 0 fully saturated rings. The normalized spacial score (nSPS) is 9.75. The summed E-state index contributed by atoms with van der Waals surface area (Å²) in [6, 6.07) is 4.20. The van der Waals surface area contributed by atoms with Gasteiger partial charge in [0, 0.05) is 5.56 Å². The monoisotopic (exact) mass is 168 g/mol. The van der Waals surface area contributed by atoms with Crippen molar-refractivity contribution < 1.29 is 20.1 Å². The van der Waals surface area contributed by atoms with Gasteiger partial charge in [-0.2, -0.15) is 0 Å². The molecule has 0 saturated carbocycles. The van der Waals surface area contributed by atoms with Crippen molar-refractivity contribution in [1.82, 2.24) is 0 Å². The molecule has 0 atom stereocenters. The number of rotatable bonds is 2. The lowest BCUT2D eigenvalue weighted by Gasteiger charge is -2.02. The molecule has 1 aromatic rings. The zero-order chi connectivity index (χ0) is 9.14. The highest BCUT2D eigenvalue weighted by Gasteiger charge is 2.11. The fourth-order valence-corrected chi connectivity index (χ4v) is 0.892. The van der Waals surface area contributed by atoms with Crippen molar-refractivity contribution in [3.63, 3.8) is 0 Å². The van der Waals surface area contributed by atoms with Crippen molar-refractivity contribution >= 4 is 5.97 Å². The fraction of sp³-hybridized carbons (Fsp3) is 0.125. The molecule has 0 heterocycles. The Hall–Kier alpha value is -1.55. The Morgan fingerprint density at radius 3 is 2.58 bits per heavy atom. The average Bonchev–Trinajstić information content (AvgIpc) is 2.04. The van der Waals surface area contributed by atoms with E-state index in [0.717, 1.165) is 0 Å². The van der Waals surface area contributed by atoms with E-state index < -0.39 is 5.97 Å². The summed E-state index contributed by atoms with van der Waals surface area (Å²) >= 11 is 0. The van der Waals surface area contributed by atoms with E-state index in [2.05, 4.69) is 0 Å². The van der Waals surface area contributed by atoms with Gasteiger partial charge in [0.25, 0.3) is 0 Å². The average molecular weight is 168 g/mol. The summed E-state index contributed by atoms with van der Waals surface area (Å²) in [7, 11) is 0. The van der Waals surface area contributed by atoms with Crippen LogP contribution in [0.2, 0.25) is 0 Å². The van der Waals surface area contributed by atoms with Gasteiger partial charge in [-0.15, -0.1) is 0 Å². The van der Waals surface area contributed by atoms with Crippen LogP contribution in [0.5, 0.6) is 5.75 Å². The van der Waals surface area contributed by atoms with Crippen LogP contribution in [0.25, 0.3) is 0 Å². The predicted molar refractivity (Wildman–Crippen MR) is 41.0 cm³/mol. The number of carbonyl (C=O) groups is 1. The number of para-hydroxylation sites is 1. The fourth-order valence-electron chi connectivity index (χ4n) is 0.892. The second-order valence-corrected chi connectivity index (χ2v) is 2.28. The number of aromatic carboxylic acids is 1. The maximum absolute atomic E-state index is 10.4. The molecule has 0 aliphatic rings. The molecule has 0 aliphatic heterocycles. The van der Waals surface area contributed by atoms with E-state index in [1.165, 1.54) is 18.2 Å². The number of aromatic hydroxyl groups is 1. The summed E-state index contributed by atoms with van der Waals surface area (Å²) in [6.07, 6.45) is 0. The van der Waals surface area contributed by atoms with Gasteiger partial charge in [-0.05, 0) is 6.07 Å². The summed E-state index contributed by atoms with van der Waals surface area (Å²) in [5.41, 5.74) is 0.0245. The van der Waals surface area contributed by atoms with E-state index in [0.29, 0.717) is 0 Å². The SMILES string of the molecule is O=C(O)c1cccc(CO)c1O. The Balaban J connectivity index is 3.23. The minimum Gasteiger partial charge on any atom is -0.507 e. The predicted octanol–water partition coefficient (Wildman–Crippen LogP) is 0.583. The molecule has 12 heavy (non-hydrogen) atoms. The van der Waals surface area contributed by atoms with E-state index in [1.807, 2.05) is 0 Å². The molecule has 1 rings (SSSR count). The molecule has 0 radical (unpaired) electrons. The minimum absolute atomic E-state index is 0.193. The van der Waals surface area contributed by atoms with Crippen LogP contribution in [0.3, 0.4) is 0 Å². The van der Waals surface area contributed by atoms with E-state index in [4.69, 9.17) is 10.2 Å². The maximum atomic E-state index is 10.4. The van der Waals surface area contributed by atoms with Crippen molar-refractivity contribution in [1.29, 1.82) is 0 Å². The summed E-state index contributed by atoms with van der Waals surface area (Å²) < 4.78 is 0. The first kappa shape index (κ1) is 8.55. The van der Waals surface area contributed by atoms with Crippen LogP contribution >= 0.6 is 0 Å². The highest BCUT2D eigenvalue weighted by Crippen LogP contribution is 2.21. The third-order valence-corrected chi connectivity index (χ3v) is 1.52. The van der Waals surface area contributed by atoms with Crippen LogP contribution in [0.15, 0.2) is 18.2 Å². The summed E-state index contributed by atoms with van der Waals surface area (Å²) in [4.78, 5) is 10.4. The Kier molecular flexibility index (Phi) is 2.30. The molecular weight excluding hydrogens is 160 g/mol. The van der Waals surface area contributed by atoms with Crippen molar-refractivity contribution in [3.05, 3.63) is 29.3 Å². The largest absolute Gasteiger partial charge is 0.507 e. The van der Waals surface area contributed by atoms with Gasteiger partial charge < -0.3 is 15.3 Å². The lowest BCUT2D eigenvalue weighted by Crippen LogP contribution is -1.98. The van der Waals surface area contributed by atoms with Gasteiger partial charge >= 0.3 is 5.97 Å². The first-order valence-corrected chi connectivity index (χ1v) is 3.32. The molecule has 0 saturated heterocycles. The number of aliphatic hydroxyl groups is 1. The minimum atomic E-state index is -1.21. The second kappa shape index (κ2) is 3.23. The topological polar surface area (TPSA) is 77.8 Å². The molecular formula is C8H8O4. The first-order chi connectivity index (χ1) is 5.66. The van der Waals surface area contributed by atoms with Crippen molar-refractivity contribution in [2.75, 3.05) is 0 Å². The molecule has 4 heteroatoms. The molecule has 4 nitrogen and oxygen atoms in total. The summed E-state index contributed by atoms with van der Waals surface area (Å²) in [6.45, 7) is -0.368. The number of hydrogen-bond donors (Lipinski definition) is 3. The smallest absolute Gasteiger partial charge is 0.339 e. The summed E-state index contributed by atoms with van der Waals surface area (Å²) in [5.74, 6) is -1.57. The van der Waals surface area contributed by atoms with Crippen molar-refractivity contribution in [3.8, 4) is 5.75 Å². The van der Waals surface area contributed by atoms with Gasteiger partial charge in [0.15, 0.2) is 0 Å². The Morgan fingerprint density at radius 1 is 1.42 bits per heavy atom. The number of benzene rings is 1. The van der Waals surface area contributed by atoms with E-state index in [9.17, 15) is 9.90 Å². The Bertz CT molecular complexity index is 306. The molecule has 0 aliphatic carbocycles.